The summed E-state index contributed by atoms with van der Waals surface area (Å²) >= 11 is 6.18. The number of nitrogens with one attached hydrogen (secondary N) is 2. The quantitative estimate of drug-likeness (QED) is 0.843. The highest BCUT2D eigenvalue weighted by molar-refractivity contribution is 6.32. The summed E-state index contributed by atoms with van der Waals surface area (Å²) in [7, 11) is 0. The maximum absolute atomic E-state index is 12.3. The molecule has 0 bridgehead atoms. The topological polar surface area (TPSA) is 57.3 Å². The van der Waals surface area contributed by atoms with Crippen LogP contribution in [0.1, 0.15) is 19.3 Å². The predicted octanol–water partition coefficient (Wildman–Crippen LogP) is 2.27. The van der Waals surface area contributed by atoms with Crippen LogP contribution in [0.3, 0.4) is 0 Å². The first kappa shape index (κ1) is 20.3. The monoisotopic (exact) mass is 380 g/mol. The minimum atomic E-state index is 0. The fourth-order valence-corrected chi connectivity index (χ4v) is 3.32. The van der Waals surface area contributed by atoms with Crippen molar-refractivity contribution in [3.05, 3.63) is 23.4 Å². The van der Waals surface area contributed by atoms with Crippen LogP contribution in [0.4, 0.5) is 5.82 Å². The largest absolute Gasteiger partial charge is 0.353 e. The minimum Gasteiger partial charge on any atom is -0.353 e. The molecule has 1 aromatic rings. The Balaban J connectivity index is 0.00000132. The van der Waals surface area contributed by atoms with Crippen molar-refractivity contribution in [1.29, 1.82) is 0 Å². The standard InChI is InChI=1S/C15H21ClN4O.2ClH/c16-13-4-2-7-18-14(13)20-8-5-12(10-20)19-15(21)11-3-1-6-17-9-11;;/h2,4,7,11-12,17H,1,3,5-6,8-10H2,(H,19,21);2*1H. The summed E-state index contributed by atoms with van der Waals surface area (Å²) in [5.41, 5.74) is 0. The second kappa shape index (κ2) is 9.52. The number of hydrogen-bond donors (Lipinski definition) is 2. The molecule has 0 saturated carbocycles. The van der Waals surface area contributed by atoms with E-state index in [1.165, 1.54) is 0 Å². The summed E-state index contributed by atoms with van der Waals surface area (Å²) in [5.74, 6) is 1.11. The van der Waals surface area contributed by atoms with Gasteiger partial charge in [-0.1, -0.05) is 11.6 Å². The SMILES string of the molecule is Cl.Cl.O=C(NC1CCN(c2ncccc2Cl)C1)C1CCCNC1. The molecule has 0 aliphatic carbocycles. The first-order valence-corrected chi connectivity index (χ1v) is 7.98. The van der Waals surface area contributed by atoms with Gasteiger partial charge in [0.05, 0.1) is 10.9 Å². The first-order valence-electron chi connectivity index (χ1n) is 7.60. The lowest BCUT2D eigenvalue weighted by atomic mass is 9.98. The number of anilines is 1. The molecule has 2 N–H and O–H groups in total. The van der Waals surface area contributed by atoms with Crippen LogP contribution in [0, 0.1) is 5.92 Å². The number of carbonyl (C=O) groups excluding carboxylic acids is 1. The zero-order valence-electron chi connectivity index (χ0n) is 12.8. The van der Waals surface area contributed by atoms with Gasteiger partial charge >= 0.3 is 0 Å². The van der Waals surface area contributed by atoms with Gasteiger partial charge < -0.3 is 15.5 Å². The van der Waals surface area contributed by atoms with E-state index in [2.05, 4.69) is 20.5 Å². The Kier molecular flexibility index (Phi) is 8.40. The lowest BCUT2D eigenvalue weighted by Gasteiger charge is -2.24. The zero-order chi connectivity index (χ0) is 14.7. The van der Waals surface area contributed by atoms with E-state index in [0.29, 0.717) is 5.02 Å². The fraction of sp³-hybridized carbons (Fsp3) is 0.600. The maximum atomic E-state index is 12.3. The average molecular weight is 382 g/mol. The van der Waals surface area contributed by atoms with E-state index in [9.17, 15) is 4.79 Å². The molecule has 3 heterocycles. The van der Waals surface area contributed by atoms with Gasteiger partial charge in [-0.2, -0.15) is 0 Å². The summed E-state index contributed by atoms with van der Waals surface area (Å²) in [5, 5.41) is 7.13. The van der Waals surface area contributed by atoms with Gasteiger partial charge in [0.1, 0.15) is 5.82 Å². The Labute approximate surface area is 154 Å². The molecular weight excluding hydrogens is 359 g/mol. The van der Waals surface area contributed by atoms with Crippen molar-refractivity contribution in [3.8, 4) is 0 Å². The van der Waals surface area contributed by atoms with Crippen LogP contribution < -0.4 is 15.5 Å². The van der Waals surface area contributed by atoms with Crippen molar-refractivity contribution in [2.75, 3.05) is 31.1 Å². The molecule has 2 fully saturated rings. The van der Waals surface area contributed by atoms with Crippen molar-refractivity contribution in [2.24, 2.45) is 5.92 Å². The minimum absolute atomic E-state index is 0. The molecule has 2 unspecified atom stereocenters. The number of halogens is 3. The summed E-state index contributed by atoms with van der Waals surface area (Å²) in [6, 6.07) is 3.87. The van der Waals surface area contributed by atoms with Gasteiger partial charge in [-0.25, -0.2) is 4.98 Å². The molecule has 2 aliphatic rings. The molecule has 2 atom stereocenters. The smallest absolute Gasteiger partial charge is 0.224 e. The van der Waals surface area contributed by atoms with Crippen LogP contribution in [0.15, 0.2) is 18.3 Å². The van der Waals surface area contributed by atoms with Crippen LogP contribution >= 0.6 is 36.4 Å². The van der Waals surface area contributed by atoms with Crippen LogP contribution in [0.5, 0.6) is 0 Å². The molecule has 2 saturated heterocycles. The zero-order valence-corrected chi connectivity index (χ0v) is 15.2. The fourth-order valence-electron chi connectivity index (χ4n) is 3.08. The molecule has 0 radical (unpaired) electrons. The number of aromatic nitrogens is 1. The van der Waals surface area contributed by atoms with Gasteiger partial charge in [-0.15, -0.1) is 24.8 Å². The maximum Gasteiger partial charge on any atom is 0.224 e. The second-order valence-electron chi connectivity index (χ2n) is 5.79. The number of amides is 1. The van der Waals surface area contributed by atoms with Gasteiger partial charge in [0.15, 0.2) is 0 Å². The van der Waals surface area contributed by atoms with E-state index in [4.69, 9.17) is 11.6 Å². The van der Waals surface area contributed by atoms with E-state index in [1.807, 2.05) is 12.1 Å². The molecule has 130 valence electrons. The van der Waals surface area contributed by atoms with Gasteiger partial charge in [0.2, 0.25) is 5.91 Å². The van der Waals surface area contributed by atoms with Crippen molar-refractivity contribution >= 4 is 48.1 Å². The summed E-state index contributed by atoms with van der Waals surface area (Å²) in [4.78, 5) is 18.7. The third kappa shape index (κ3) is 5.11. The van der Waals surface area contributed by atoms with Gasteiger partial charge in [-0.05, 0) is 37.9 Å². The van der Waals surface area contributed by atoms with Crippen molar-refractivity contribution < 1.29 is 4.79 Å². The molecule has 0 spiro atoms. The Morgan fingerprint density at radius 3 is 2.91 bits per heavy atom. The summed E-state index contributed by atoms with van der Waals surface area (Å²) in [6.07, 6.45) is 4.76. The number of pyridine rings is 1. The number of carbonyl (C=O) groups is 1. The van der Waals surface area contributed by atoms with Crippen LogP contribution in [-0.4, -0.2) is 43.1 Å². The molecule has 23 heavy (non-hydrogen) atoms. The molecule has 5 nitrogen and oxygen atoms in total. The Morgan fingerprint density at radius 2 is 2.22 bits per heavy atom. The molecule has 2 aliphatic heterocycles. The van der Waals surface area contributed by atoms with E-state index < -0.39 is 0 Å². The van der Waals surface area contributed by atoms with Gasteiger partial charge in [-0.3, -0.25) is 4.79 Å². The van der Waals surface area contributed by atoms with Crippen LogP contribution in [0.2, 0.25) is 5.02 Å². The summed E-state index contributed by atoms with van der Waals surface area (Å²) < 4.78 is 0. The number of piperidine rings is 1. The van der Waals surface area contributed by atoms with Crippen molar-refractivity contribution in [2.45, 2.75) is 25.3 Å². The Bertz CT molecular complexity index is 511. The highest BCUT2D eigenvalue weighted by Gasteiger charge is 2.28. The number of rotatable bonds is 3. The predicted molar refractivity (Wildman–Crippen MR) is 98.1 cm³/mol. The molecule has 8 heteroatoms. The molecule has 3 rings (SSSR count). The third-order valence-corrected chi connectivity index (χ3v) is 4.54. The molecule has 1 aromatic heterocycles. The van der Waals surface area contributed by atoms with Gasteiger partial charge in [0.25, 0.3) is 0 Å². The van der Waals surface area contributed by atoms with Crippen molar-refractivity contribution in [3.63, 3.8) is 0 Å². The number of nitrogens with zero attached hydrogens (tertiary/aromatic N) is 2. The first-order chi connectivity index (χ1) is 10.2. The van der Waals surface area contributed by atoms with Crippen molar-refractivity contribution in [1.82, 2.24) is 15.6 Å². The lowest BCUT2D eigenvalue weighted by molar-refractivity contribution is -0.126. The molecular formula is C15H23Cl3N4O. The normalized spacial score (nSPS) is 23.6. The Morgan fingerprint density at radius 1 is 1.39 bits per heavy atom. The van der Waals surface area contributed by atoms with E-state index in [-0.39, 0.29) is 42.7 Å². The lowest BCUT2D eigenvalue weighted by Crippen LogP contribution is -2.45. The van der Waals surface area contributed by atoms with Crippen LogP contribution in [0.25, 0.3) is 0 Å². The number of hydrogen-bond acceptors (Lipinski definition) is 4. The molecule has 0 aromatic carbocycles. The highest BCUT2D eigenvalue weighted by atomic mass is 35.5. The summed E-state index contributed by atoms with van der Waals surface area (Å²) in [6.45, 7) is 3.49. The highest BCUT2D eigenvalue weighted by Crippen LogP contribution is 2.26. The molecule has 1 amide bonds. The third-order valence-electron chi connectivity index (χ3n) is 4.24. The van der Waals surface area contributed by atoms with E-state index >= 15 is 0 Å². The average Bonchev–Trinajstić information content (AvgIpc) is 2.97. The van der Waals surface area contributed by atoms with E-state index in [0.717, 1.165) is 51.3 Å². The van der Waals surface area contributed by atoms with Crippen LogP contribution in [-0.2, 0) is 4.79 Å². The second-order valence-corrected chi connectivity index (χ2v) is 6.20. The van der Waals surface area contributed by atoms with E-state index in [1.54, 1.807) is 6.20 Å². The Hall–Kier alpha value is -0.750. The van der Waals surface area contributed by atoms with Gasteiger partial charge in [0, 0.05) is 31.9 Å².